The number of hydrogen-bond acceptors (Lipinski definition) is 6. The van der Waals surface area contributed by atoms with Gasteiger partial charge in [-0.3, -0.25) is 9.36 Å². The van der Waals surface area contributed by atoms with Crippen molar-refractivity contribution in [1.82, 2.24) is 5.32 Å². The lowest BCUT2D eigenvalue weighted by Gasteiger charge is -2.29. The number of quaternary nitrogens is 1. The average molecular weight is 659 g/mol. The molecule has 0 spiro atoms. The molecule has 9 heteroatoms. The molecule has 3 atom stereocenters. The van der Waals surface area contributed by atoms with Crippen LogP contribution in [-0.2, 0) is 18.4 Å². The fourth-order valence-electron chi connectivity index (χ4n) is 4.93. The van der Waals surface area contributed by atoms with Crippen molar-refractivity contribution >= 4 is 13.7 Å². The molecular formula is C36H71N2O6P. The molecule has 0 aliphatic rings. The molecule has 0 rings (SSSR count). The number of unbranched alkanes of at least 4 members (excludes halogenated alkanes) is 17. The summed E-state index contributed by atoms with van der Waals surface area (Å²) in [6.07, 6.45) is 30.8. The third-order valence-electron chi connectivity index (χ3n) is 7.91. The van der Waals surface area contributed by atoms with Crippen LogP contribution in [-0.4, -0.2) is 68.5 Å². The number of rotatable bonds is 32. The van der Waals surface area contributed by atoms with Gasteiger partial charge in [0, 0.05) is 6.42 Å². The van der Waals surface area contributed by atoms with Crippen molar-refractivity contribution in [2.75, 3.05) is 40.9 Å². The summed E-state index contributed by atoms with van der Waals surface area (Å²) in [4.78, 5) is 25.0. The molecule has 0 bridgehead atoms. The lowest BCUT2D eigenvalue weighted by molar-refractivity contribution is -0.870. The Morgan fingerprint density at radius 3 is 1.80 bits per heavy atom. The standard InChI is InChI=1S/C36H71N2O6P/c1-6-8-10-12-14-16-17-18-19-20-22-24-26-28-30-36(40)37-34(33-44-45(41,42)43-32-31-38(3,4)5)35(39)29-27-25-23-21-15-13-11-9-7-2/h15,21,27,29,34-35,39H,6-14,16-20,22-26,28,30-33H2,1-5H3,(H-,37,40,41,42)/b21-15+,29-27+/t34-,35+/m0/s1. The lowest BCUT2D eigenvalue weighted by atomic mass is 10.0. The maximum absolute atomic E-state index is 12.7. The predicted molar refractivity (Wildman–Crippen MR) is 187 cm³/mol. The van der Waals surface area contributed by atoms with E-state index in [4.69, 9.17) is 9.05 Å². The summed E-state index contributed by atoms with van der Waals surface area (Å²) < 4.78 is 23.0. The van der Waals surface area contributed by atoms with E-state index in [1.54, 1.807) is 6.08 Å². The van der Waals surface area contributed by atoms with Gasteiger partial charge in [0.1, 0.15) is 13.2 Å². The Hall–Kier alpha value is -1.02. The van der Waals surface area contributed by atoms with Crippen LogP contribution >= 0.6 is 7.82 Å². The Balaban J connectivity index is 4.53. The van der Waals surface area contributed by atoms with E-state index in [9.17, 15) is 19.4 Å². The van der Waals surface area contributed by atoms with Crippen LogP contribution < -0.4 is 10.2 Å². The fraction of sp³-hybridized carbons (Fsp3) is 0.861. The van der Waals surface area contributed by atoms with E-state index < -0.39 is 26.6 Å². The first-order chi connectivity index (χ1) is 21.5. The highest BCUT2D eigenvalue weighted by Gasteiger charge is 2.23. The molecule has 0 aromatic carbocycles. The monoisotopic (exact) mass is 659 g/mol. The molecule has 45 heavy (non-hydrogen) atoms. The van der Waals surface area contributed by atoms with Crippen molar-refractivity contribution in [3.63, 3.8) is 0 Å². The fourth-order valence-corrected chi connectivity index (χ4v) is 5.65. The summed E-state index contributed by atoms with van der Waals surface area (Å²) in [5.74, 6) is -0.211. The lowest BCUT2D eigenvalue weighted by Crippen LogP contribution is -2.45. The maximum Gasteiger partial charge on any atom is 0.268 e. The number of phosphoric ester groups is 1. The number of allylic oxidation sites excluding steroid dienone is 3. The zero-order chi connectivity index (χ0) is 33.7. The first-order valence-corrected chi connectivity index (χ1v) is 19.7. The smallest absolute Gasteiger partial charge is 0.268 e. The largest absolute Gasteiger partial charge is 0.756 e. The molecule has 266 valence electrons. The third-order valence-corrected chi connectivity index (χ3v) is 8.88. The number of phosphoric acid groups is 1. The van der Waals surface area contributed by atoms with E-state index in [2.05, 4.69) is 31.3 Å². The number of amides is 1. The highest BCUT2D eigenvalue weighted by molar-refractivity contribution is 7.45. The van der Waals surface area contributed by atoms with Crippen LogP contribution in [0.2, 0.25) is 0 Å². The summed E-state index contributed by atoms with van der Waals surface area (Å²) in [5, 5.41) is 13.6. The number of nitrogens with one attached hydrogen (secondary N) is 1. The van der Waals surface area contributed by atoms with Gasteiger partial charge in [0.2, 0.25) is 5.91 Å². The molecule has 8 nitrogen and oxygen atoms in total. The Bertz CT molecular complexity index is 799. The molecule has 0 aromatic heterocycles. The zero-order valence-electron chi connectivity index (χ0n) is 29.8. The van der Waals surface area contributed by atoms with Gasteiger partial charge in [-0.2, -0.15) is 0 Å². The van der Waals surface area contributed by atoms with E-state index in [1.807, 2.05) is 27.2 Å². The molecule has 1 unspecified atom stereocenters. The van der Waals surface area contributed by atoms with Crippen molar-refractivity contribution in [1.29, 1.82) is 0 Å². The van der Waals surface area contributed by atoms with Gasteiger partial charge in [0.05, 0.1) is 39.9 Å². The van der Waals surface area contributed by atoms with Crippen molar-refractivity contribution in [2.45, 2.75) is 161 Å². The number of carbonyl (C=O) groups excluding carboxylic acids is 1. The summed E-state index contributed by atoms with van der Waals surface area (Å²) >= 11 is 0. The van der Waals surface area contributed by atoms with Crippen LogP contribution in [0.25, 0.3) is 0 Å². The Morgan fingerprint density at radius 1 is 0.756 bits per heavy atom. The SMILES string of the molecule is CCCCC/C=C/CC/C=C/[C@@H](O)[C@H](COP(=O)([O-])OCC[N+](C)(C)C)NC(=O)CCCCCCCCCCCCCCCC. The summed E-state index contributed by atoms with van der Waals surface area (Å²) in [6, 6.07) is -0.894. The van der Waals surface area contributed by atoms with Gasteiger partial charge in [-0.05, 0) is 32.1 Å². The van der Waals surface area contributed by atoms with E-state index in [1.165, 1.54) is 89.9 Å². The number of nitrogens with zero attached hydrogens (tertiary/aromatic N) is 1. The summed E-state index contributed by atoms with van der Waals surface area (Å²) in [5.41, 5.74) is 0. The van der Waals surface area contributed by atoms with Crippen molar-refractivity contribution in [3.05, 3.63) is 24.3 Å². The van der Waals surface area contributed by atoms with Crippen LogP contribution in [0.1, 0.15) is 149 Å². The minimum Gasteiger partial charge on any atom is -0.756 e. The molecule has 0 saturated carbocycles. The first kappa shape index (κ1) is 44.0. The Morgan fingerprint density at radius 2 is 1.24 bits per heavy atom. The topological polar surface area (TPSA) is 108 Å². The van der Waals surface area contributed by atoms with Gasteiger partial charge in [-0.1, -0.05) is 134 Å². The molecule has 0 heterocycles. The van der Waals surface area contributed by atoms with Crippen LogP contribution in [0.4, 0.5) is 0 Å². The average Bonchev–Trinajstić information content (AvgIpc) is 2.97. The zero-order valence-corrected chi connectivity index (χ0v) is 30.7. The molecule has 0 radical (unpaired) electrons. The van der Waals surface area contributed by atoms with Gasteiger partial charge < -0.3 is 28.8 Å². The normalized spacial score (nSPS) is 15.1. The first-order valence-electron chi connectivity index (χ1n) is 18.2. The van der Waals surface area contributed by atoms with Crippen molar-refractivity contribution < 1.29 is 32.9 Å². The highest BCUT2D eigenvalue weighted by atomic mass is 31.2. The molecule has 2 N–H and O–H groups in total. The third kappa shape index (κ3) is 31.4. The highest BCUT2D eigenvalue weighted by Crippen LogP contribution is 2.38. The number of hydrogen-bond donors (Lipinski definition) is 2. The van der Waals surface area contributed by atoms with E-state index >= 15 is 0 Å². The van der Waals surface area contributed by atoms with E-state index in [-0.39, 0.29) is 12.5 Å². The van der Waals surface area contributed by atoms with Crippen LogP contribution in [0.3, 0.4) is 0 Å². The second-order valence-electron chi connectivity index (χ2n) is 13.6. The van der Waals surface area contributed by atoms with E-state index in [0.717, 1.165) is 38.5 Å². The van der Waals surface area contributed by atoms with Crippen LogP contribution in [0.5, 0.6) is 0 Å². The van der Waals surface area contributed by atoms with Gasteiger partial charge in [-0.25, -0.2) is 0 Å². The summed E-state index contributed by atoms with van der Waals surface area (Å²) in [6.45, 7) is 4.54. The second-order valence-corrected chi connectivity index (χ2v) is 15.0. The Kier molecular flexibility index (Phi) is 28.5. The van der Waals surface area contributed by atoms with Gasteiger partial charge in [0.25, 0.3) is 7.82 Å². The van der Waals surface area contributed by atoms with E-state index in [0.29, 0.717) is 17.4 Å². The molecular weight excluding hydrogens is 587 g/mol. The van der Waals surface area contributed by atoms with Crippen molar-refractivity contribution in [2.24, 2.45) is 0 Å². The molecule has 0 saturated heterocycles. The molecule has 0 aliphatic carbocycles. The molecule has 1 amide bonds. The number of likely N-dealkylation sites (N-methyl/N-ethyl adjacent to an activating group) is 1. The number of aliphatic hydroxyl groups is 1. The quantitative estimate of drug-likeness (QED) is 0.0325. The number of carbonyl (C=O) groups is 1. The minimum atomic E-state index is -4.58. The summed E-state index contributed by atoms with van der Waals surface area (Å²) in [7, 11) is 1.24. The van der Waals surface area contributed by atoms with Crippen molar-refractivity contribution in [3.8, 4) is 0 Å². The maximum atomic E-state index is 12.7. The molecule has 0 aromatic rings. The number of aliphatic hydroxyl groups excluding tert-OH is 1. The molecule has 0 fully saturated rings. The minimum absolute atomic E-state index is 0.00511. The molecule has 0 aliphatic heterocycles. The van der Waals surface area contributed by atoms with Gasteiger partial charge in [0.15, 0.2) is 0 Å². The van der Waals surface area contributed by atoms with Gasteiger partial charge in [-0.15, -0.1) is 0 Å². The predicted octanol–water partition coefficient (Wildman–Crippen LogP) is 8.38. The van der Waals surface area contributed by atoms with Crippen LogP contribution in [0.15, 0.2) is 24.3 Å². The second kappa shape index (κ2) is 29.1. The van der Waals surface area contributed by atoms with Crippen LogP contribution in [0, 0.1) is 0 Å². The Labute approximate surface area is 277 Å². The van der Waals surface area contributed by atoms with Gasteiger partial charge >= 0.3 is 0 Å².